The largest absolute Gasteiger partial charge is 0.500 e. The van der Waals surface area contributed by atoms with Crippen LogP contribution in [0.25, 0.3) is 4.85 Å². The van der Waals surface area contributed by atoms with Gasteiger partial charge in [-0.05, 0) is 33.7 Å². The molecule has 0 unspecified atom stereocenters. The second kappa shape index (κ2) is 11.6. The summed E-state index contributed by atoms with van der Waals surface area (Å²) in [6.45, 7) is 16.6. The van der Waals surface area contributed by atoms with E-state index in [4.69, 9.17) is 19.9 Å². The van der Waals surface area contributed by atoms with Crippen LogP contribution < -0.4 is 5.32 Å². The van der Waals surface area contributed by atoms with Crippen LogP contribution in [-0.2, 0) is 13.3 Å². The third kappa shape index (κ3) is 7.79. The van der Waals surface area contributed by atoms with Crippen molar-refractivity contribution >= 4 is 8.80 Å². The highest BCUT2D eigenvalue weighted by atomic mass is 28.4. The predicted octanol–water partition coefficient (Wildman–Crippen LogP) is 1.93. The SMILES string of the molecule is [C-]#[N+]CCNCCC[Si](OCC)(OCC)OCC. The van der Waals surface area contributed by atoms with Crippen LogP contribution >= 0.6 is 0 Å². The molecule has 5 nitrogen and oxygen atoms in total. The fourth-order valence-corrected chi connectivity index (χ4v) is 4.30. The van der Waals surface area contributed by atoms with Gasteiger partial charge in [-0.2, -0.15) is 0 Å². The molecule has 0 aromatic rings. The number of hydrogen-bond acceptors (Lipinski definition) is 4. The molecule has 0 amide bonds. The first kappa shape index (κ1) is 17.5. The Kier molecular flexibility index (Phi) is 11.3. The summed E-state index contributed by atoms with van der Waals surface area (Å²) in [4.78, 5) is 3.29. The molecular formula is C12H26N2O3Si. The van der Waals surface area contributed by atoms with Crippen molar-refractivity contribution in [2.45, 2.75) is 33.2 Å². The molecule has 1 N–H and O–H groups in total. The maximum absolute atomic E-state index is 6.68. The Balaban J connectivity index is 4.01. The van der Waals surface area contributed by atoms with Gasteiger partial charge in [0.05, 0.1) is 6.54 Å². The number of nitrogens with one attached hydrogen (secondary N) is 1. The van der Waals surface area contributed by atoms with Crippen molar-refractivity contribution in [3.8, 4) is 0 Å². The average molecular weight is 274 g/mol. The summed E-state index contributed by atoms with van der Waals surface area (Å²) < 4.78 is 17.3. The summed E-state index contributed by atoms with van der Waals surface area (Å²) in [7, 11) is -2.46. The molecule has 0 saturated heterocycles. The number of rotatable bonds is 12. The lowest BCUT2D eigenvalue weighted by atomic mass is 10.5. The van der Waals surface area contributed by atoms with Crippen LogP contribution in [0.4, 0.5) is 0 Å². The molecule has 0 bridgehead atoms. The van der Waals surface area contributed by atoms with Gasteiger partial charge in [0.25, 0.3) is 0 Å². The zero-order valence-corrected chi connectivity index (χ0v) is 12.8. The Morgan fingerprint density at radius 3 is 2.00 bits per heavy atom. The number of nitrogens with zero attached hydrogens (tertiary/aromatic N) is 1. The van der Waals surface area contributed by atoms with Crippen molar-refractivity contribution in [2.24, 2.45) is 0 Å². The van der Waals surface area contributed by atoms with Gasteiger partial charge in [-0.3, -0.25) is 0 Å². The normalized spacial score (nSPS) is 11.4. The first-order valence-corrected chi connectivity index (χ1v) is 8.63. The van der Waals surface area contributed by atoms with Gasteiger partial charge in [-0.25, -0.2) is 6.57 Å². The maximum atomic E-state index is 6.68. The minimum absolute atomic E-state index is 0.533. The van der Waals surface area contributed by atoms with E-state index in [0.717, 1.165) is 25.6 Å². The van der Waals surface area contributed by atoms with E-state index < -0.39 is 8.80 Å². The summed E-state index contributed by atoms with van der Waals surface area (Å²) in [5.74, 6) is 0. The van der Waals surface area contributed by atoms with Gasteiger partial charge in [0, 0.05) is 25.9 Å². The molecule has 0 heterocycles. The van der Waals surface area contributed by atoms with Crippen molar-refractivity contribution in [3.05, 3.63) is 11.4 Å². The Hall–Kier alpha value is -0.453. The summed E-state index contributed by atoms with van der Waals surface area (Å²) in [5, 5.41) is 3.23. The molecular weight excluding hydrogens is 248 g/mol. The van der Waals surface area contributed by atoms with E-state index in [9.17, 15) is 0 Å². The molecule has 0 radical (unpaired) electrons. The van der Waals surface area contributed by atoms with Crippen molar-refractivity contribution in [1.82, 2.24) is 5.32 Å². The van der Waals surface area contributed by atoms with Gasteiger partial charge >= 0.3 is 8.80 Å². The van der Waals surface area contributed by atoms with E-state index in [-0.39, 0.29) is 0 Å². The quantitative estimate of drug-likeness (QED) is 0.335. The summed E-state index contributed by atoms with van der Waals surface area (Å²) in [6, 6.07) is 0.827. The summed E-state index contributed by atoms with van der Waals surface area (Å²) in [6.07, 6.45) is 0.949. The van der Waals surface area contributed by atoms with Gasteiger partial charge < -0.3 is 23.4 Å². The minimum Gasteiger partial charge on any atom is -0.374 e. The van der Waals surface area contributed by atoms with Crippen molar-refractivity contribution in [3.63, 3.8) is 0 Å². The predicted molar refractivity (Wildman–Crippen MR) is 74.4 cm³/mol. The zero-order chi connectivity index (χ0) is 13.7. The summed E-state index contributed by atoms with van der Waals surface area (Å²) in [5.41, 5.74) is 0. The van der Waals surface area contributed by atoms with Gasteiger partial charge in [0.1, 0.15) is 0 Å². The van der Waals surface area contributed by atoms with E-state index in [2.05, 4.69) is 10.2 Å². The van der Waals surface area contributed by atoms with E-state index in [1.54, 1.807) is 0 Å². The molecule has 0 aliphatic rings. The lowest BCUT2D eigenvalue weighted by Gasteiger charge is -2.28. The highest BCUT2D eigenvalue weighted by molar-refractivity contribution is 6.60. The third-order valence-electron chi connectivity index (χ3n) is 2.33. The topological polar surface area (TPSA) is 44.1 Å². The van der Waals surface area contributed by atoms with Crippen LogP contribution in [0, 0.1) is 6.57 Å². The van der Waals surface area contributed by atoms with E-state index in [0.29, 0.717) is 26.4 Å². The molecule has 0 rings (SSSR count). The van der Waals surface area contributed by atoms with Crippen LogP contribution in [-0.4, -0.2) is 48.3 Å². The fourth-order valence-electron chi connectivity index (χ4n) is 1.69. The second-order valence-electron chi connectivity index (χ2n) is 3.72. The first-order chi connectivity index (χ1) is 8.74. The van der Waals surface area contributed by atoms with Gasteiger partial charge in [-0.15, -0.1) is 0 Å². The molecule has 0 aromatic carbocycles. The van der Waals surface area contributed by atoms with Crippen LogP contribution in [0.5, 0.6) is 0 Å². The standard InChI is InChI=1S/C12H26N2O3Si/c1-5-15-18(16-6-2,17-7-3)12-8-9-14-11-10-13-4/h14H,5-12H2,1-3H3. The fraction of sp³-hybridized carbons (Fsp3) is 0.917. The Labute approximate surface area is 112 Å². The molecule has 0 spiro atoms. The lowest BCUT2D eigenvalue weighted by Crippen LogP contribution is -2.46. The second-order valence-corrected chi connectivity index (χ2v) is 6.45. The van der Waals surface area contributed by atoms with Gasteiger partial charge in [0.2, 0.25) is 6.54 Å². The molecule has 0 aliphatic carbocycles. The monoisotopic (exact) mass is 274 g/mol. The lowest BCUT2D eigenvalue weighted by molar-refractivity contribution is 0.0708. The van der Waals surface area contributed by atoms with Crippen LogP contribution in [0.3, 0.4) is 0 Å². The van der Waals surface area contributed by atoms with Crippen LogP contribution in [0.1, 0.15) is 27.2 Å². The van der Waals surface area contributed by atoms with E-state index in [1.165, 1.54) is 0 Å². The minimum atomic E-state index is -2.46. The average Bonchev–Trinajstić information content (AvgIpc) is 2.35. The molecule has 18 heavy (non-hydrogen) atoms. The van der Waals surface area contributed by atoms with Crippen molar-refractivity contribution < 1.29 is 13.3 Å². The smallest absolute Gasteiger partial charge is 0.374 e. The van der Waals surface area contributed by atoms with Gasteiger partial charge in [-0.1, -0.05) is 0 Å². The molecule has 0 aliphatic heterocycles. The van der Waals surface area contributed by atoms with Crippen molar-refractivity contribution in [1.29, 1.82) is 0 Å². The molecule has 0 fully saturated rings. The molecule has 0 saturated carbocycles. The molecule has 0 atom stereocenters. The Bertz CT molecular complexity index is 217. The van der Waals surface area contributed by atoms with Gasteiger partial charge in [0.15, 0.2) is 0 Å². The highest BCUT2D eigenvalue weighted by Gasteiger charge is 2.39. The molecule has 0 aromatic heterocycles. The first-order valence-electron chi connectivity index (χ1n) is 6.70. The highest BCUT2D eigenvalue weighted by Crippen LogP contribution is 2.17. The maximum Gasteiger partial charge on any atom is 0.500 e. The van der Waals surface area contributed by atoms with Crippen molar-refractivity contribution in [2.75, 3.05) is 39.5 Å². The van der Waals surface area contributed by atoms with E-state index >= 15 is 0 Å². The zero-order valence-electron chi connectivity index (χ0n) is 11.8. The van der Waals surface area contributed by atoms with Crippen LogP contribution in [0.15, 0.2) is 0 Å². The Morgan fingerprint density at radius 1 is 1.00 bits per heavy atom. The number of hydrogen-bond donors (Lipinski definition) is 1. The van der Waals surface area contributed by atoms with E-state index in [1.807, 2.05) is 20.8 Å². The molecule has 6 heteroatoms. The Morgan fingerprint density at radius 2 is 1.56 bits per heavy atom. The third-order valence-corrected chi connectivity index (χ3v) is 5.48. The summed E-state index contributed by atoms with van der Waals surface area (Å²) >= 11 is 0. The van der Waals surface area contributed by atoms with Crippen LogP contribution in [0.2, 0.25) is 6.04 Å². The molecule has 106 valence electrons.